The van der Waals surface area contributed by atoms with Crippen molar-refractivity contribution >= 4 is 16.7 Å². The Morgan fingerprint density at radius 2 is 1.72 bits per heavy atom. The van der Waals surface area contributed by atoms with E-state index in [0.29, 0.717) is 6.54 Å². The van der Waals surface area contributed by atoms with Crippen molar-refractivity contribution in [2.75, 3.05) is 0 Å². The first-order valence-corrected chi connectivity index (χ1v) is 9.67. The SMILES string of the molecule is [C-]#[N+]C(C)(C)c1ccc(-c2ccc3c(c2)C(c2nc4ccccc4[nH]2)=NC3)cc1. The van der Waals surface area contributed by atoms with E-state index in [-0.39, 0.29) is 0 Å². The largest absolute Gasteiger partial charge is 0.337 e. The number of fused-ring (bicyclic) bond motifs is 2. The molecule has 4 aromatic rings. The van der Waals surface area contributed by atoms with Crippen molar-refractivity contribution in [3.8, 4) is 11.1 Å². The Kier molecular flexibility index (Phi) is 3.85. The molecule has 140 valence electrons. The van der Waals surface area contributed by atoms with Crippen LogP contribution in [-0.2, 0) is 12.1 Å². The summed E-state index contributed by atoms with van der Waals surface area (Å²) in [7, 11) is 0. The van der Waals surface area contributed by atoms with Gasteiger partial charge in [0.05, 0.1) is 17.6 Å². The average Bonchev–Trinajstić information content (AvgIpc) is 3.37. The van der Waals surface area contributed by atoms with Gasteiger partial charge in [-0.3, -0.25) is 4.99 Å². The summed E-state index contributed by atoms with van der Waals surface area (Å²) in [5.74, 6) is 0.816. The van der Waals surface area contributed by atoms with Crippen LogP contribution < -0.4 is 0 Å². The molecule has 1 aliphatic rings. The summed E-state index contributed by atoms with van der Waals surface area (Å²) >= 11 is 0. The van der Waals surface area contributed by atoms with Crippen LogP contribution in [0.3, 0.4) is 0 Å². The quantitative estimate of drug-likeness (QED) is 0.456. The van der Waals surface area contributed by atoms with E-state index in [9.17, 15) is 0 Å². The number of aromatic nitrogens is 2. The molecule has 0 unspecified atom stereocenters. The first kappa shape index (κ1) is 17.4. The Morgan fingerprint density at radius 1 is 0.966 bits per heavy atom. The number of imidazole rings is 1. The molecule has 5 rings (SSSR count). The molecule has 0 bridgehead atoms. The number of benzene rings is 3. The van der Waals surface area contributed by atoms with Gasteiger partial charge in [-0.05, 0) is 34.9 Å². The maximum Gasteiger partial charge on any atom is 0.252 e. The number of aliphatic imine (C=N–C) groups is 1. The van der Waals surface area contributed by atoms with Gasteiger partial charge in [0, 0.05) is 25.0 Å². The van der Waals surface area contributed by atoms with E-state index in [1.807, 2.05) is 38.1 Å². The van der Waals surface area contributed by atoms with E-state index < -0.39 is 5.54 Å². The van der Waals surface area contributed by atoms with Crippen molar-refractivity contribution in [1.29, 1.82) is 0 Å². The van der Waals surface area contributed by atoms with Gasteiger partial charge in [0.1, 0.15) is 5.71 Å². The van der Waals surface area contributed by atoms with E-state index in [1.165, 1.54) is 5.56 Å². The Morgan fingerprint density at radius 3 is 2.48 bits per heavy atom. The highest BCUT2D eigenvalue weighted by Gasteiger charge is 2.25. The predicted octanol–water partition coefficient (Wildman–Crippen LogP) is 5.74. The lowest BCUT2D eigenvalue weighted by Gasteiger charge is -2.12. The number of aromatic amines is 1. The number of nitrogens with one attached hydrogen (secondary N) is 1. The Bertz CT molecular complexity index is 1270. The van der Waals surface area contributed by atoms with E-state index in [2.05, 4.69) is 52.3 Å². The lowest BCUT2D eigenvalue weighted by molar-refractivity contribution is 0.664. The monoisotopic (exact) mass is 376 g/mol. The van der Waals surface area contributed by atoms with Gasteiger partial charge in [-0.1, -0.05) is 48.5 Å². The average molecular weight is 376 g/mol. The highest BCUT2D eigenvalue weighted by Crippen LogP contribution is 2.31. The number of hydrogen-bond acceptors (Lipinski definition) is 2. The summed E-state index contributed by atoms with van der Waals surface area (Å²) < 4.78 is 0. The Hall–Kier alpha value is -3.71. The third kappa shape index (κ3) is 2.92. The first-order chi connectivity index (χ1) is 14.0. The molecule has 0 atom stereocenters. The van der Waals surface area contributed by atoms with Gasteiger partial charge in [-0.2, -0.15) is 0 Å². The van der Waals surface area contributed by atoms with Gasteiger partial charge in [-0.25, -0.2) is 11.6 Å². The number of H-pyrrole nitrogens is 1. The van der Waals surface area contributed by atoms with Crippen LogP contribution in [0.15, 0.2) is 71.7 Å². The summed E-state index contributed by atoms with van der Waals surface area (Å²) in [4.78, 5) is 16.6. The summed E-state index contributed by atoms with van der Waals surface area (Å²) in [6.07, 6.45) is 0. The molecule has 1 N–H and O–H groups in total. The zero-order chi connectivity index (χ0) is 20.0. The van der Waals surface area contributed by atoms with Gasteiger partial charge < -0.3 is 9.83 Å². The number of rotatable bonds is 3. The normalized spacial score (nSPS) is 13.2. The molecule has 0 spiro atoms. The van der Waals surface area contributed by atoms with Crippen LogP contribution in [0.4, 0.5) is 0 Å². The Labute approximate surface area is 169 Å². The fourth-order valence-electron chi connectivity index (χ4n) is 3.77. The summed E-state index contributed by atoms with van der Waals surface area (Å²) in [5, 5.41) is 0. The minimum atomic E-state index is -0.502. The van der Waals surface area contributed by atoms with Crippen LogP contribution in [0.2, 0.25) is 0 Å². The van der Waals surface area contributed by atoms with Gasteiger partial charge in [0.15, 0.2) is 5.82 Å². The number of nitrogens with zero attached hydrogens (tertiary/aromatic N) is 3. The molecule has 4 heteroatoms. The third-order valence-corrected chi connectivity index (χ3v) is 5.59. The summed E-state index contributed by atoms with van der Waals surface area (Å²) in [6.45, 7) is 12.0. The number of para-hydroxylation sites is 2. The topological polar surface area (TPSA) is 45.4 Å². The molecule has 0 aliphatic carbocycles. The lowest BCUT2D eigenvalue weighted by atomic mass is 9.92. The van der Waals surface area contributed by atoms with E-state index >= 15 is 0 Å². The minimum Gasteiger partial charge on any atom is -0.337 e. The van der Waals surface area contributed by atoms with E-state index in [1.54, 1.807) is 0 Å². The second kappa shape index (κ2) is 6.42. The molecule has 4 nitrogen and oxygen atoms in total. The third-order valence-electron chi connectivity index (χ3n) is 5.59. The minimum absolute atomic E-state index is 0.502. The molecule has 1 aromatic heterocycles. The van der Waals surface area contributed by atoms with Crippen molar-refractivity contribution in [2.45, 2.75) is 25.9 Å². The zero-order valence-corrected chi connectivity index (χ0v) is 16.4. The van der Waals surface area contributed by atoms with Crippen molar-refractivity contribution in [2.24, 2.45) is 4.99 Å². The van der Waals surface area contributed by atoms with Crippen molar-refractivity contribution < 1.29 is 0 Å². The molecular weight excluding hydrogens is 356 g/mol. The standard InChI is InChI=1S/C25H20N4/c1-25(2,26-3)19-12-10-16(11-13-19)17-8-9-18-15-27-23(20(18)14-17)24-28-21-6-4-5-7-22(21)29-24/h4-14H,15H2,1-2H3,(H,28,29). The second-order valence-electron chi connectivity index (χ2n) is 7.89. The lowest BCUT2D eigenvalue weighted by Crippen LogP contribution is -2.10. The van der Waals surface area contributed by atoms with Gasteiger partial charge in [0.2, 0.25) is 0 Å². The van der Waals surface area contributed by atoms with Crippen LogP contribution >= 0.6 is 0 Å². The fourth-order valence-corrected chi connectivity index (χ4v) is 3.77. The molecule has 0 saturated carbocycles. The van der Waals surface area contributed by atoms with Crippen LogP contribution in [0.5, 0.6) is 0 Å². The van der Waals surface area contributed by atoms with Crippen LogP contribution in [0, 0.1) is 6.57 Å². The molecule has 1 aliphatic heterocycles. The van der Waals surface area contributed by atoms with Gasteiger partial charge >= 0.3 is 0 Å². The smallest absolute Gasteiger partial charge is 0.252 e. The molecule has 3 aromatic carbocycles. The molecule has 2 heterocycles. The molecule has 0 saturated heterocycles. The maximum atomic E-state index is 7.39. The molecule has 29 heavy (non-hydrogen) atoms. The second-order valence-corrected chi connectivity index (χ2v) is 7.89. The zero-order valence-electron chi connectivity index (χ0n) is 16.4. The van der Waals surface area contributed by atoms with E-state index in [4.69, 9.17) is 16.5 Å². The van der Waals surface area contributed by atoms with E-state index in [0.717, 1.165) is 44.8 Å². The van der Waals surface area contributed by atoms with Gasteiger partial charge in [-0.15, -0.1) is 0 Å². The van der Waals surface area contributed by atoms with Crippen molar-refractivity contribution in [3.05, 3.63) is 101 Å². The highest BCUT2D eigenvalue weighted by atomic mass is 15.0. The molecule has 0 amide bonds. The molecule has 0 radical (unpaired) electrons. The summed E-state index contributed by atoms with van der Waals surface area (Å²) in [5.41, 5.74) is 8.04. The summed E-state index contributed by atoms with van der Waals surface area (Å²) in [6, 6.07) is 22.8. The van der Waals surface area contributed by atoms with Crippen LogP contribution in [0.1, 0.15) is 36.4 Å². The number of hydrogen-bond donors (Lipinski definition) is 1. The maximum absolute atomic E-state index is 7.39. The highest BCUT2D eigenvalue weighted by molar-refractivity contribution is 6.14. The van der Waals surface area contributed by atoms with Gasteiger partial charge in [0.25, 0.3) is 5.54 Å². The van der Waals surface area contributed by atoms with Crippen LogP contribution in [-0.4, -0.2) is 15.7 Å². The van der Waals surface area contributed by atoms with Crippen molar-refractivity contribution in [1.82, 2.24) is 9.97 Å². The first-order valence-electron chi connectivity index (χ1n) is 9.67. The fraction of sp³-hybridized carbons (Fsp3) is 0.160. The molecule has 0 fully saturated rings. The predicted molar refractivity (Wildman–Crippen MR) is 117 cm³/mol. The van der Waals surface area contributed by atoms with Crippen molar-refractivity contribution in [3.63, 3.8) is 0 Å². The van der Waals surface area contributed by atoms with Crippen LogP contribution in [0.25, 0.3) is 27.0 Å². The Balaban J connectivity index is 1.52. The molecular formula is C25H20N4.